The number of aromatic nitrogens is 3. The van der Waals surface area contributed by atoms with Crippen LogP contribution in [0.25, 0.3) is 11.4 Å². The number of carboxylic acids is 1. The Hall–Kier alpha value is -2.74. The third kappa shape index (κ3) is 3.37. The Labute approximate surface area is 131 Å². The maximum absolute atomic E-state index is 12.1. The normalized spacial score (nSPS) is 20.4. The number of amides is 1. The van der Waals surface area contributed by atoms with Crippen molar-refractivity contribution < 1.29 is 19.4 Å². The zero-order chi connectivity index (χ0) is 16.4. The number of aliphatic carboxylic acids is 1. The SMILES string of the molecule is Cc1nc(-c2ccc(NC(=O)[C@@H]3CC[C@H](C(=O)O)O3)cc2)n[nH]1. The van der Waals surface area contributed by atoms with Crippen molar-refractivity contribution in [1.82, 2.24) is 15.2 Å². The maximum atomic E-state index is 12.1. The van der Waals surface area contributed by atoms with Crippen molar-refractivity contribution in [1.29, 1.82) is 0 Å². The molecule has 2 atom stereocenters. The third-order valence-corrected chi connectivity index (χ3v) is 3.60. The summed E-state index contributed by atoms with van der Waals surface area (Å²) in [5, 5.41) is 18.4. The van der Waals surface area contributed by atoms with Gasteiger partial charge in [-0.25, -0.2) is 9.78 Å². The minimum atomic E-state index is -1.04. The zero-order valence-corrected chi connectivity index (χ0v) is 12.4. The van der Waals surface area contributed by atoms with E-state index in [2.05, 4.69) is 20.5 Å². The van der Waals surface area contributed by atoms with Crippen molar-refractivity contribution in [3.05, 3.63) is 30.1 Å². The van der Waals surface area contributed by atoms with Crippen molar-refractivity contribution in [3.8, 4) is 11.4 Å². The van der Waals surface area contributed by atoms with Gasteiger partial charge in [0.25, 0.3) is 5.91 Å². The van der Waals surface area contributed by atoms with Crippen LogP contribution in [0.2, 0.25) is 0 Å². The lowest BCUT2D eigenvalue weighted by molar-refractivity contribution is -0.150. The molecule has 1 fully saturated rings. The second-order valence-corrected chi connectivity index (χ2v) is 5.34. The number of aryl methyl sites for hydroxylation is 1. The largest absolute Gasteiger partial charge is 0.479 e. The van der Waals surface area contributed by atoms with Crippen LogP contribution >= 0.6 is 0 Å². The summed E-state index contributed by atoms with van der Waals surface area (Å²) in [6, 6.07) is 7.08. The predicted molar refractivity (Wildman–Crippen MR) is 80.7 cm³/mol. The van der Waals surface area contributed by atoms with Crippen molar-refractivity contribution in [3.63, 3.8) is 0 Å². The number of nitrogens with zero attached hydrogens (tertiary/aromatic N) is 2. The van der Waals surface area contributed by atoms with Gasteiger partial charge in [0, 0.05) is 11.3 Å². The van der Waals surface area contributed by atoms with Crippen LogP contribution in [0.5, 0.6) is 0 Å². The number of aromatic amines is 1. The molecule has 8 heteroatoms. The molecular weight excluding hydrogens is 300 g/mol. The van der Waals surface area contributed by atoms with Crippen LogP contribution in [0.3, 0.4) is 0 Å². The molecule has 1 aliphatic heterocycles. The highest BCUT2D eigenvalue weighted by molar-refractivity contribution is 5.94. The number of anilines is 1. The number of carboxylic acid groups (broad SMARTS) is 1. The number of carbonyl (C=O) groups is 2. The summed E-state index contributed by atoms with van der Waals surface area (Å²) in [5.74, 6) is -0.0609. The van der Waals surface area contributed by atoms with E-state index < -0.39 is 18.2 Å². The molecule has 1 saturated heterocycles. The summed E-state index contributed by atoms with van der Waals surface area (Å²) < 4.78 is 5.22. The monoisotopic (exact) mass is 316 g/mol. The Balaban J connectivity index is 1.62. The van der Waals surface area contributed by atoms with Gasteiger partial charge in [-0.15, -0.1) is 0 Å². The molecule has 0 spiro atoms. The Kier molecular flexibility index (Phi) is 4.07. The first kappa shape index (κ1) is 15.2. The van der Waals surface area contributed by atoms with Crippen LogP contribution in [0.15, 0.2) is 24.3 Å². The van der Waals surface area contributed by atoms with E-state index in [1.54, 1.807) is 24.3 Å². The van der Waals surface area contributed by atoms with Gasteiger partial charge < -0.3 is 15.2 Å². The molecule has 1 aliphatic rings. The molecule has 0 radical (unpaired) electrons. The Bertz CT molecular complexity index is 725. The summed E-state index contributed by atoms with van der Waals surface area (Å²) in [7, 11) is 0. The fourth-order valence-corrected chi connectivity index (χ4v) is 2.41. The van der Waals surface area contributed by atoms with E-state index in [1.807, 2.05) is 6.92 Å². The molecule has 2 heterocycles. The van der Waals surface area contributed by atoms with Crippen LogP contribution in [-0.4, -0.2) is 44.4 Å². The number of H-pyrrole nitrogens is 1. The number of carbonyl (C=O) groups excluding carboxylic acids is 1. The van der Waals surface area contributed by atoms with Gasteiger partial charge >= 0.3 is 5.97 Å². The number of nitrogens with one attached hydrogen (secondary N) is 2. The highest BCUT2D eigenvalue weighted by Gasteiger charge is 2.34. The second kappa shape index (κ2) is 6.17. The van der Waals surface area contributed by atoms with Gasteiger partial charge in [0.15, 0.2) is 11.9 Å². The highest BCUT2D eigenvalue weighted by atomic mass is 16.5. The lowest BCUT2D eigenvalue weighted by Gasteiger charge is -2.12. The number of hydrogen-bond donors (Lipinski definition) is 3. The Morgan fingerprint density at radius 1 is 1.26 bits per heavy atom. The molecule has 3 rings (SSSR count). The van der Waals surface area contributed by atoms with Gasteiger partial charge in [-0.2, -0.15) is 5.10 Å². The summed E-state index contributed by atoms with van der Waals surface area (Å²) >= 11 is 0. The predicted octanol–water partition coefficient (Wildman–Crippen LogP) is 1.35. The van der Waals surface area contributed by atoms with Crippen LogP contribution in [-0.2, 0) is 14.3 Å². The molecule has 1 aromatic heterocycles. The smallest absolute Gasteiger partial charge is 0.332 e. The minimum absolute atomic E-state index is 0.338. The summed E-state index contributed by atoms with van der Waals surface area (Å²) in [6.07, 6.45) is -0.887. The summed E-state index contributed by atoms with van der Waals surface area (Å²) in [5.41, 5.74) is 1.43. The zero-order valence-electron chi connectivity index (χ0n) is 12.4. The number of hydrogen-bond acceptors (Lipinski definition) is 5. The van der Waals surface area contributed by atoms with Crippen LogP contribution in [0.4, 0.5) is 5.69 Å². The molecule has 1 amide bonds. The third-order valence-electron chi connectivity index (χ3n) is 3.60. The van der Waals surface area contributed by atoms with Crippen molar-refractivity contribution in [2.45, 2.75) is 32.0 Å². The van der Waals surface area contributed by atoms with E-state index in [9.17, 15) is 9.59 Å². The molecule has 8 nitrogen and oxygen atoms in total. The fourth-order valence-electron chi connectivity index (χ4n) is 2.41. The molecule has 0 unspecified atom stereocenters. The van der Waals surface area contributed by atoms with E-state index in [0.29, 0.717) is 24.4 Å². The molecule has 2 aromatic rings. The second-order valence-electron chi connectivity index (χ2n) is 5.34. The quantitative estimate of drug-likeness (QED) is 0.784. The number of rotatable bonds is 4. The molecule has 0 saturated carbocycles. The van der Waals surface area contributed by atoms with Crippen LogP contribution in [0.1, 0.15) is 18.7 Å². The van der Waals surface area contributed by atoms with E-state index in [0.717, 1.165) is 11.4 Å². The van der Waals surface area contributed by atoms with Gasteiger partial charge in [0.1, 0.15) is 11.9 Å². The van der Waals surface area contributed by atoms with Gasteiger partial charge in [-0.05, 0) is 44.0 Å². The van der Waals surface area contributed by atoms with E-state index in [4.69, 9.17) is 9.84 Å². The van der Waals surface area contributed by atoms with Gasteiger partial charge in [0.2, 0.25) is 0 Å². The average Bonchev–Trinajstić information content (AvgIpc) is 3.17. The van der Waals surface area contributed by atoms with Gasteiger partial charge in [-0.3, -0.25) is 9.89 Å². The first-order valence-electron chi connectivity index (χ1n) is 7.21. The Morgan fingerprint density at radius 2 is 1.96 bits per heavy atom. The van der Waals surface area contributed by atoms with Crippen molar-refractivity contribution in [2.75, 3.05) is 5.32 Å². The molecule has 23 heavy (non-hydrogen) atoms. The highest BCUT2D eigenvalue weighted by Crippen LogP contribution is 2.22. The van der Waals surface area contributed by atoms with Crippen LogP contribution in [0, 0.1) is 6.92 Å². The number of ether oxygens (including phenoxy) is 1. The molecule has 0 aliphatic carbocycles. The van der Waals surface area contributed by atoms with E-state index >= 15 is 0 Å². The molecular formula is C15H16N4O4. The molecule has 3 N–H and O–H groups in total. The fraction of sp³-hybridized carbons (Fsp3) is 0.333. The topological polar surface area (TPSA) is 117 Å². The molecule has 120 valence electrons. The lowest BCUT2D eigenvalue weighted by atomic mass is 10.1. The Morgan fingerprint density at radius 3 is 2.52 bits per heavy atom. The van der Waals surface area contributed by atoms with E-state index in [-0.39, 0.29) is 5.91 Å². The summed E-state index contributed by atoms with van der Waals surface area (Å²) in [4.78, 5) is 27.1. The standard InChI is InChI=1S/C15H16N4O4/c1-8-16-13(19-18-8)9-2-4-10(5-3-9)17-14(20)11-6-7-12(23-11)15(21)22/h2-5,11-12H,6-7H2,1H3,(H,17,20)(H,21,22)(H,16,18,19)/t11-,12+/m0/s1. The molecule has 0 bridgehead atoms. The number of benzene rings is 1. The summed E-state index contributed by atoms with van der Waals surface area (Å²) in [6.45, 7) is 1.82. The van der Waals surface area contributed by atoms with Crippen molar-refractivity contribution in [2.24, 2.45) is 0 Å². The minimum Gasteiger partial charge on any atom is -0.479 e. The maximum Gasteiger partial charge on any atom is 0.332 e. The van der Waals surface area contributed by atoms with Crippen LogP contribution < -0.4 is 5.32 Å². The first-order chi connectivity index (χ1) is 11.0. The van der Waals surface area contributed by atoms with Gasteiger partial charge in [0.05, 0.1) is 0 Å². The average molecular weight is 316 g/mol. The lowest BCUT2D eigenvalue weighted by Crippen LogP contribution is -2.29. The van der Waals surface area contributed by atoms with E-state index in [1.165, 1.54) is 0 Å². The van der Waals surface area contributed by atoms with Gasteiger partial charge in [-0.1, -0.05) is 0 Å². The van der Waals surface area contributed by atoms with Crippen molar-refractivity contribution >= 4 is 17.6 Å². The first-order valence-corrected chi connectivity index (χ1v) is 7.21. The molecule has 1 aromatic carbocycles.